The number of methoxy groups -OCH3 is 2. The zero-order valence-corrected chi connectivity index (χ0v) is 14.1. The summed E-state index contributed by atoms with van der Waals surface area (Å²) in [7, 11) is 3.13. The quantitative estimate of drug-likeness (QED) is 0.596. The minimum absolute atomic E-state index is 0.0564. The van der Waals surface area contributed by atoms with E-state index in [-0.39, 0.29) is 12.5 Å². The molecule has 0 saturated carbocycles. The van der Waals surface area contributed by atoms with Crippen LogP contribution in [0.4, 0.5) is 5.69 Å². The van der Waals surface area contributed by atoms with E-state index < -0.39 is 0 Å². The van der Waals surface area contributed by atoms with Gasteiger partial charge in [-0.1, -0.05) is 23.7 Å². The van der Waals surface area contributed by atoms with Gasteiger partial charge >= 0.3 is 0 Å². The highest BCUT2D eigenvalue weighted by atomic mass is 35.5. The summed E-state index contributed by atoms with van der Waals surface area (Å²) in [6.45, 7) is 0.0564. The minimum atomic E-state index is -0.293. The first-order valence-electron chi connectivity index (χ1n) is 7.16. The lowest BCUT2D eigenvalue weighted by atomic mass is 10.2. The van der Waals surface area contributed by atoms with E-state index in [1.807, 2.05) is 12.1 Å². The predicted molar refractivity (Wildman–Crippen MR) is 95.2 cm³/mol. The third kappa shape index (κ3) is 4.89. The SMILES string of the molecule is COc1ccc(/C=N/NC(=O)CNc2ccccc2Cl)c(OC)c1. The molecule has 2 rings (SSSR count). The highest BCUT2D eigenvalue weighted by Crippen LogP contribution is 2.23. The van der Waals surface area contributed by atoms with E-state index in [0.717, 1.165) is 5.56 Å². The number of rotatable bonds is 7. The van der Waals surface area contributed by atoms with Crippen LogP contribution in [0.1, 0.15) is 5.56 Å². The number of para-hydroxylation sites is 1. The van der Waals surface area contributed by atoms with Crippen LogP contribution in [0.5, 0.6) is 11.5 Å². The lowest BCUT2D eigenvalue weighted by molar-refractivity contribution is -0.119. The third-order valence-electron chi connectivity index (χ3n) is 3.15. The van der Waals surface area contributed by atoms with Gasteiger partial charge in [0.05, 0.1) is 37.7 Å². The first kappa shape index (κ1) is 17.6. The summed E-state index contributed by atoms with van der Waals surface area (Å²) < 4.78 is 10.4. The number of anilines is 1. The summed E-state index contributed by atoms with van der Waals surface area (Å²) in [6.07, 6.45) is 1.51. The van der Waals surface area contributed by atoms with Crippen LogP contribution in [-0.2, 0) is 4.79 Å². The fourth-order valence-corrected chi connectivity index (χ4v) is 2.12. The molecular formula is C17H18ClN3O3. The Morgan fingerprint density at radius 2 is 2.00 bits per heavy atom. The Morgan fingerprint density at radius 1 is 1.21 bits per heavy atom. The molecular weight excluding hydrogens is 330 g/mol. The van der Waals surface area contributed by atoms with Crippen molar-refractivity contribution in [1.29, 1.82) is 0 Å². The number of carbonyl (C=O) groups is 1. The van der Waals surface area contributed by atoms with E-state index in [1.165, 1.54) is 6.21 Å². The molecule has 0 aromatic heterocycles. The maximum atomic E-state index is 11.8. The number of amides is 1. The molecule has 0 bridgehead atoms. The summed E-state index contributed by atoms with van der Waals surface area (Å²) in [5.41, 5.74) is 3.85. The van der Waals surface area contributed by atoms with Crippen LogP contribution in [0, 0.1) is 0 Å². The highest BCUT2D eigenvalue weighted by Gasteiger charge is 2.04. The number of hydrogen-bond acceptors (Lipinski definition) is 5. The number of nitrogens with zero attached hydrogens (tertiary/aromatic N) is 1. The molecule has 7 heteroatoms. The van der Waals surface area contributed by atoms with E-state index in [4.69, 9.17) is 21.1 Å². The van der Waals surface area contributed by atoms with E-state index >= 15 is 0 Å². The van der Waals surface area contributed by atoms with Crippen molar-refractivity contribution >= 4 is 29.4 Å². The number of hydrogen-bond donors (Lipinski definition) is 2. The van der Waals surface area contributed by atoms with Gasteiger partial charge < -0.3 is 14.8 Å². The van der Waals surface area contributed by atoms with Gasteiger partial charge in [-0.3, -0.25) is 4.79 Å². The largest absolute Gasteiger partial charge is 0.497 e. The van der Waals surface area contributed by atoms with Crippen LogP contribution >= 0.6 is 11.6 Å². The van der Waals surface area contributed by atoms with Crippen LogP contribution < -0.4 is 20.2 Å². The van der Waals surface area contributed by atoms with Crippen molar-refractivity contribution in [3.8, 4) is 11.5 Å². The molecule has 2 aromatic rings. The zero-order chi connectivity index (χ0) is 17.4. The molecule has 0 aliphatic rings. The van der Waals surface area contributed by atoms with E-state index in [1.54, 1.807) is 44.6 Å². The van der Waals surface area contributed by atoms with E-state index in [2.05, 4.69) is 15.8 Å². The maximum absolute atomic E-state index is 11.8. The monoisotopic (exact) mass is 347 g/mol. The molecule has 0 unspecified atom stereocenters. The van der Waals surface area contributed by atoms with Gasteiger partial charge in [0.25, 0.3) is 5.91 Å². The van der Waals surface area contributed by atoms with Gasteiger partial charge in [0, 0.05) is 11.6 Å². The third-order valence-corrected chi connectivity index (χ3v) is 3.48. The molecule has 2 N–H and O–H groups in total. The molecule has 0 radical (unpaired) electrons. The molecule has 1 amide bonds. The molecule has 0 aliphatic carbocycles. The number of nitrogens with one attached hydrogen (secondary N) is 2. The standard InChI is InChI=1S/C17H18ClN3O3/c1-23-13-8-7-12(16(9-13)24-2)10-20-21-17(22)11-19-15-6-4-3-5-14(15)18/h3-10,19H,11H2,1-2H3,(H,21,22)/b20-10+. The molecule has 0 aliphatic heterocycles. The van der Waals surface area contributed by atoms with Gasteiger partial charge in [-0.05, 0) is 24.3 Å². The molecule has 0 spiro atoms. The normalized spacial score (nSPS) is 10.5. The second-order valence-electron chi connectivity index (χ2n) is 4.73. The van der Waals surface area contributed by atoms with Crippen LogP contribution in [-0.4, -0.2) is 32.9 Å². The van der Waals surface area contributed by atoms with Crippen molar-refractivity contribution in [3.05, 3.63) is 53.1 Å². The van der Waals surface area contributed by atoms with Crippen LogP contribution in [0.15, 0.2) is 47.6 Å². The Morgan fingerprint density at radius 3 is 2.71 bits per heavy atom. The molecule has 126 valence electrons. The van der Waals surface area contributed by atoms with Gasteiger partial charge in [-0.2, -0.15) is 5.10 Å². The van der Waals surface area contributed by atoms with Crippen LogP contribution in [0.25, 0.3) is 0 Å². The summed E-state index contributed by atoms with van der Waals surface area (Å²) in [6, 6.07) is 12.5. The molecule has 0 fully saturated rings. The molecule has 2 aromatic carbocycles. The second-order valence-corrected chi connectivity index (χ2v) is 5.14. The van der Waals surface area contributed by atoms with Gasteiger partial charge in [0.2, 0.25) is 0 Å². The molecule has 6 nitrogen and oxygen atoms in total. The first-order chi connectivity index (χ1) is 11.6. The van der Waals surface area contributed by atoms with Crippen LogP contribution in [0.3, 0.4) is 0 Å². The van der Waals surface area contributed by atoms with Crippen molar-refractivity contribution in [3.63, 3.8) is 0 Å². The molecule has 0 heterocycles. The summed E-state index contributed by atoms with van der Waals surface area (Å²) >= 11 is 6.00. The lowest BCUT2D eigenvalue weighted by Crippen LogP contribution is -2.26. The number of ether oxygens (including phenoxy) is 2. The van der Waals surface area contributed by atoms with Crippen molar-refractivity contribution < 1.29 is 14.3 Å². The topological polar surface area (TPSA) is 72.0 Å². The Kier molecular flexibility index (Phi) is 6.45. The highest BCUT2D eigenvalue weighted by molar-refractivity contribution is 6.33. The van der Waals surface area contributed by atoms with E-state index in [0.29, 0.717) is 22.2 Å². The lowest BCUT2D eigenvalue weighted by Gasteiger charge is -2.08. The number of halogens is 1. The van der Waals surface area contributed by atoms with Gasteiger partial charge in [0.1, 0.15) is 11.5 Å². The van der Waals surface area contributed by atoms with Crippen molar-refractivity contribution in [2.45, 2.75) is 0 Å². The smallest absolute Gasteiger partial charge is 0.259 e. The number of carbonyl (C=O) groups excluding carboxylic acids is 1. The number of benzene rings is 2. The Bertz CT molecular complexity index is 735. The van der Waals surface area contributed by atoms with Crippen molar-refractivity contribution in [2.75, 3.05) is 26.1 Å². The molecule has 24 heavy (non-hydrogen) atoms. The van der Waals surface area contributed by atoms with Crippen LogP contribution in [0.2, 0.25) is 5.02 Å². The fourth-order valence-electron chi connectivity index (χ4n) is 1.92. The van der Waals surface area contributed by atoms with Gasteiger partial charge in [0.15, 0.2) is 0 Å². The summed E-state index contributed by atoms with van der Waals surface area (Å²) in [5, 5.41) is 7.41. The van der Waals surface area contributed by atoms with E-state index in [9.17, 15) is 4.79 Å². The zero-order valence-electron chi connectivity index (χ0n) is 13.4. The average molecular weight is 348 g/mol. The summed E-state index contributed by atoms with van der Waals surface area (Å²) in [5.74, 6) is 0.983. The fraction of sp³-hybridized carbons (Fsp3) is 0.176. The average Bonchev–Trinajstić information content (AvgIpc) is 2.61. The first-order valence-corrected chi connectivity index (χ1v) is 7.54. The maximum Gasteiger partial charge on any atom is 0.259 e. The second kappa shape index (κ2) is 8.79. The van der Waals surface area contributed by atoms with Crippen molar-refractivity contribution in [1.82, 2.24) is 5.43 Å². The van der Waals surface area contributed by atoms with Crippen molar-refractivity contribution in [2.24, 2.45) is 5.10 Å². The van der Waals surface area contributed by atoms with Gasteiger partial charge in [-0.25, -0.2) is 5.43 Å². The van der Waals surface area contributed by atoms with Gasteiger partial charge in [-0.15, -0.1) is 0 Å². The Hall–Kier alpha value is -2.73. The number of hydrazone groups is 1. The minimum Gasteiger partial charge on any atom is -0.497 e. The molecule has 0 saturated heterocycles. The molecule has 0 atom stereocenters. The predicted octanol–water partition coefficient (Wildman–Crippen LogP) is 2.92. The Balaban J connectivity index is 1.89. The Labute approximate surface area is 145 Å². The summed E-state index contributed by atoms with van der Waals surface area (Å²) in [4.78, 5) is 11.8.